The smallest absolute Gasteiger partial charge is 0.293 e. The molecule has 1 aliphatic rings. The maximum Gasteiger partial charge on any atom is 0.293 e. The van der Waals surface area contributed by atoms with E-state index in [2.05, 4.69) is 15.9 Å². The molecular formula is C26H18BrFN2O2S. The third-order valence-corrected chi connectivity index (χ3v) is 6.97. The van der Waals surface area contributed by atoms with E-state index in [1.165, 1.54) is 11.0 Å². The van der Waals surface area contributed by atoms with Crippen molar-refractivity contribution >= 4 is 55.8 Å². The summed E-state index contributed by atoms with van der Waals surface area (Å²) in [5.74, 6) is -0.565. The highest BCUT2D eigenvalue weighted by atomic mass is 79.9. The van der Waals surface area contributed by atoms with Crippen LogP contribution in [-0.2, 0) is 17.9 Å². The van der Waals surface area contributed by atoms with Gasteiger partial charge >= 0.3 is 0 Å². The summed E-state index contributed by atoms with van der Waals surface area (Å²) in [6.45, 7) is 0.594. The number of imide groups is 1. The molecule has 1 saturated heterocycles. The Morgan fingerprint density at radius 2 is 1.64 bits per heavy atom. The lowest BCUT2D eigenvalue weighted by Gasteiger charge is -2.12. The van der Waals surface area contributed by atoms with E-state index in [0.717, 1.165) is 38.3 Å². The van der Waals surface area contributed by atoms with Gasteiger partial charge in [-0.1, -0.05) is 64.5 Å². The van der Waals surface area contributed by atoms with Crippen LogP contribution in [-0.4, -0.2) is 20.6 Å². The zero-order chi connectivity index (χ0) is 22.9. The summed E-state index contributed by atoms with van der Waals surface area (Å²) in [6, 6.07) is 22.0. The topological polar surface area (TPSA) is 42.3 Å². The lowest BCUT2D eigenvalue weighted by molar-refractivity contribution is -0.123. The van der Waals surface area contributed by atoms with Crippen LogP contribution in [0.2, 0.25) is 0 Å². The van der Waals surface area contributed by atoms with Crippen molar-refractivity contribution in [2.24, 2.45) is 0 Å². The number of aromatic nitrogens is 1. The van der Waals surface area contributed by atoms with Crippen LogP contribution in [0.3, 0.4) is 0 Å². The minimum atomic E-state index is -0.307. The number of carbonyl (C=O) groups is 2. The molecular weight excluding hydrogens is 503 g/mol. The number of halogens is 2. The van der Waals surface area contributed by atoms with Crippen LogP contribution in [0, 0.1) is 5.82 Å². The van der Waals surface area contributed by atoms with Crippen LogP contribution in [0.5, 0.6) is 0 Å². The molecule has 1 fully saturated rings. The van der Waals surface area contributed by atoms with Crippen LogP contribution in [0.15, 0.2) is 88.4 Å². The Morgan fingerprint density at radius 1 is 0.909 bits per heavy atom. The Morgan fingerprint density at radius 3 is 2.42 bits per heavy atom. The van der Waals surface area contributed by atoms with Gasteiger partial charge in [-0.25, -0.2) is 4.39 Å². The number of rotatable bonds is 5. The first-order valence-electron chi connectivity index (χ1n) is 10.3. The van der Waals surface area contributed by atoms with Crippen molar-refractivity contribution in [3.63, 3.8) is 0 Å². The number of amides is 2. The summed E-state index contributed by atoms with van der Waals surface area (Å²) in [4.78, 5) is 27.2. The minimum absolute atomic E-state index is 0.227. The summed E-state index contributed by atoms with van der Waals surface area (Å²) < 4.78 is 17.1. The normalized spacial score (nSPS) is 15.2. The molecule has 5 rings (SSSR count). The Labute approximate surface area is 202 Å². The van der Waals surface area contributed by atoms with Crippen molar-refractivity contribution in [1.82, 2.24) is 9.47 Å². The van der Waals surface area contributed by atoms with E-state index in [1.807, 2.05) is 65.4 Å². The van der Waals surface area contributed by atoms with E-state index >= 15 is 0 Å². The van der Waals surface area contributed by atoms with Crippen molar-refractivity contribution in [2.45, 2.75) is 13.1 Å². The van der Waals surface area contributed by atoms with E-state index in [4.69, 9.17) is 0 Å². The molecule has 3 aromatic carbocycles. The Balaban J connectivity index is 1.46. The second-order valence-corrected chi connectivity index (χ2v) is 9.62. The van der Waals surface area contributed by atoms with Gasteiger partial charge in [-0.3, -0.25) is 14.5 Å². The molecule has 0 unspecified atom stereocenters. The predicted molar refractivity (Wildman–Crippen MR) is 133 cm³/mol. The molecule has 0 atom stereocenters. The molecule has 4 nitrogen and oxygen atoms in total. The van der Waals surface area contributed by atoms with E-state index in [-0.39, 0.29) is 23.5 Å². The number of hydrogen-bond acceptors (Lipinski definition) is 3. The van der Waals surface area contributed by atoms with Gasteiger partial charge in [-0.15, -0.1) is 0 Å². The minimum Gasteiger partial charge on any atom is -0.342 e. The summed E-state index contributed by atoms with van der Waals surface area (Å²) in [6.07, 6.45) is 3.66. The standard InChI is InChI=1S/C26H18BrFN2O2S/c27-20-11-9-17(10-12-20)14-30-25(31)24(33-26(30)32)13-19-16-29(23-8-4-2-6-21(19)23)15-18-5-1-3-7-22(18)28/h1-13,16H,14-15H2. The third kappa shape index (κ3) is 4.38. The molecule has 4 aromatic rings. The summed E-state index contributed by atoms with van der Waals surface area (Å²) >= 11 is 4.33. The van der Waals surface area contributed by atoms with Crippen LogP contribution in [0.25, 0.3) is 17.0 Å². The van der Waals surface area contributed by atoms with Gasteiger partial charge < -0.3 is 4.57 Å². The van der Waals surface area contributed by atoms with Crippen molar-refractivity contribution < 1.29 is 14.0 Å². The fourth-order valence-corrected chi connectivity index (χ4v) is 4.97. The van der Waals surface area contributed by atoms with Crippen LogP contribution in [0.4, 0.5) is 9.18 Å². The summed E-state index contributed by atoms with van der Waals surface area (Å²) in [5, 5.41) is 0.651. The van der Waals surface area contributed by atoms with E-state index in [9.17, 15) is 14.0 Å². The molecule has 0 N–H and O–H groups in total. The van der Waals surface area contributed by atoms with Gasteiger partial charge in [0.15, 0.2) is 0 Å². The van der Waals surface area contributed by atoms with Crippen molar-refractivity contribution in [3.8, 4) is 0 Å². The van der Waals surface area contributed by atoms with Crippen molar-refractivity contribution in [3.05, 3.63) is 111 Å². The monoisotopic (exact) mass is 520 g/mol. The van der Waals surface area contributed by atoms with Gasteiger partial charge in [0.2, 0.25) is 0 Å². The third-order valence-electron chi connectivity index (χ3n) is 5.53. The zero-order valence-corrected chi connectivity index (χ0v) is 19.8. The van der Waals surface area contributed by atoms with E-state index < -0.39 is 0 Å². The number of carbonyl (C=O) groups excluding carboxylic acids is 2. The maximum absolute atomic E-state index is 14.2. The van der Waals surface area contributed by atoms with Crippen molar-refractivity contribution in [1.29, 1.82) is 0 Å². The first kappa shape index (κ1) is 21.7. The molecule has 1 aromatic heterocycles. The molecule has 33 heavy (non-hydrogen) atoms. The average Bonchev–Trinajstić information content (AvgIpc) is 3.29. The number of fused-ring (bicyclic) bond motifs is 1. The molecule has 1 aliphatic heterocycles. The molecule has 0 radical (unpaired) electrons. The van der Waals surface area contributed by atoms with Gasteiger partial charge in [0.1, 0.15) is 5.82 Å². The number of hydrogen-bond donors (Lipinski definition) is 0. The Bertz CT molecular complexity index is 1410. The fraction of sp³-hybridized carbons (Fsp3) is 0.0769. The van der Waals surface area contributed by atoms with Crippen LogP contribution >= 0.6 is 27.7 Å². The average molecular weight is 521 g/mol. The van der Waals surface area contributed by atoms with Gasteiger partial charge in [0, 0.05) is 32.7 Å². The Kier molecular flexibility index (Phi) is 5.91. The van der Waals surface area contributed by atoms with E-state index in [1.54, 1.807) is 18.2 Å². The molecule has 2 amide bonds. The lowest BCUT2D eigenvalue weighted by Crippen LogP contribution is -2.27. The molecule has 0 bridgehead atoms. The van der Waals surface area contributed by atoms with E-state index in [0.29, 0.717) is 17.0 Å². The maximum atomic E-state index is 14.2. The number of benzene rings is 3. The largest absolute Gasteiger partial charge is 0.342 e. The second kappa shape index (κ2) is 9.00. The van der Waals surface area contributed by atoms with Gasteiger partial charge in [-0.2, -0.15) is 0 Å². The molecule has 2 heterocycles. The predicted octanol–water partition coefficient (Wildman–Crippen LogP) is 6.83. The fourth-order valence-electron chi connectivity index (χ4n) is 3.88. The quantitative estimate of drug-likeness (QED) is 0.271. The summed E-state index contributed by atoms with van der Waals surface area (Å²) in [7, 11) is 0. The lowest BCUT2D eigenvalue weighted by atomic mass is 10.1. The molecule has 164 valence electrons. The zero-order valence-electron chi connectivity index (χ0n) is 17.4. The molecule has 0 aliphatic carbocycles. The second-order valence-electron chi connectivity index (χ2n) is 7.72. The van der Waals surface area contributed by atoms with Gasteiger partial charge in [-0.05, 0) is 47.7 Å². The first-order valence-corrected chi connectivity index (χ1v) is 11.9. The highest BCUT2D eigenvalue weighted by Gasteiger charge is 2.35. The van der Waals surface area contributed by atoms with Crippen LogP contribution in [0.1, 0.15) is 16.7 Å². The highest BCUT2D eigenvalue weighted by Crippen LogP contribution is 2.35. The number of thioether (sulfide) groups is 1. The molecule has 0 spiro atoms. The van der Waals surface area contributed by atoms with Gasteiger partial charge in [0.25, 0.3) is 11.1 Å². The highest BCUT2D eigenvalue weighted by molar-refractivity contribution is 9.10. The SMILES string of the molecule is O=C1SC(=Cc2cn(Cc3ccccc3F)c3ccccc23)C(=O)N1Cc1ccc(Br)cc1. The number of para-hydroxylation sites is 1. The van der Waals surface area contributed by atoms with Crippen molar-refractivity contribution in [2.75, 3.05) is 0 Å². The van der Waals surface area contributed by atoms with Crippen LogP contribution < -0.4 is 0 Å². The summed E-state index contributed by atoms with van der Waals surface area (Å²) in [5.41, 5.74) is 3.21. The number of nitrogens with zero attached hydrogens (tertiary/aromatic N) is 2. The molecule has 0 saturated carbocycles. The van der Waals surface area contributed by atoms with Gasteiger partial charge in [0.05, 0.1) is 18.0 Å². The first-order chi connectivity index (χ1) is 16.0. The Hall–Kier alpha value is -3.16. The molecule has 7 heteroatoms.